The summed E-state index contributed by atoms with van der Waals surface area (Å²) >= 11 is 0. The Balaban J connectivity index is 1.70. The van der Waals surface area contributed by atoms with E-state index in [1.54, 1.807) is 26.4 Å². The van der Waals surface area contributed by atoms with Crippen molar-refractivity contribution in [1.29, 1.82) is 0 Å². The molecule has 1 aromatic heterocycles. The second kappa shape index (κ2) is 8.65. The molecule has 0 bridgehead atoms. The molecular formula is C21H30N4O3. The van der Waals surface area contributed by atoms with Crippen LogP contribution in [0.1, 0.15) is 40.5 Å². The number of hydrogen-bond acceptors (Lipinski definition) is 5. The number of aromatic nitrogens is 2. The van der Waals surface area contributed by atoms with E-state index < -0.39 is 0 Å². The smallest absolute Gasteiger partial charge is 0.261 e. The minimum atomic E-state index is -0.0398. The molecule has 7 nitrogen and oxygen atoms in total. The maximum atomic E-state index is 13.1. The van der Waals surface area contributed by atoms with Crippen molar-refractivity contribution in [3.05, 3.63) is 41.2 Å². The number of carbonyl (C=O) groups is 1. The molecule has 3 rings (SSSR count). The van der Waals surface area contributed by atoms with Gasteiger partial charge in [0.25, 0.3) is 5.91 Å². The molecule has 0 aliphatic carbocycles. The summed E-state index contributed by atoms with van der Waals surface area (Å²) in [6, 6.07) is 7.61. The Labute approximate surface area is 166 Å². The third-order valence-corrected chi connectivity index (χ3v) is 5.32. The van der Waals surface area contributed by atoms with Crippen molar-refractivity contribution in [3.63, 3.8) is 0 Å². The van der Waals surface area contributed by atoms with Gasteiger partial charge < -0.3 is 19.3 Å². The molecule has 7 heteroatoms. The van der Waals surface area contributed by atoms with Crippen LogP contribution in [-0.4, -0.2) is 66.9 Å². The molecule has 0 spiro atoms. The number of methoxy groups -OCH3 is 2. The van der Waals surface area contributed by atoms with E-state index in [1.165, 1.54) is 5.69 Å². The Kier molecular flexibility index (Phi) is 6.24. The highest BCUT2D eigenvalue weighted by Gasteiger charge is 2.29. The van der Waals surface area contributed by atoms with Crippen LogP contribution in [-0.2, 0) is 13.6 Å². The molecular weight excluding hydrogens is 356 g/mol. The second-order valence-electron chi connectivity index (χ2n) is 7.53. The van der Waals surface area contributed by atoms with Crippen LogP contribution in [0.25, 0.3) is 0 Å². The molecule has 152 valence electrons. The van der Waals surface area contributed by atoms with Crippen LogP contribution < -0.4 is 9.47 Å². The zero-order valence-electron chi connectivity index (χ0n) is 17.4. The van der Waals surface area contributed by atoms with Crippen molar-refractivity contribution in [3.8, 4) is 11.5 Å². The maximum Gasteiger partial charge on any atom is 0.261 e. The first-order chi connectivity index (χ1) is 13.4. The quantitative estimate of drug-likeness (QED) is 0.764. The Hall–Kier alpha value is -2.54. The van der Waals surface area contributed by atoms with Crippen LogP contribution in [0, 0.1) is 0 Å². The zero-order valence-corrected chi connectivity index (χ0v) is 17.4. The first-order valence-electron chi connectivity index (χ1n) is 9.62. The third-order valence-electron chi connectivity index (χ3n) is 5.32. The van der Waals surface area contributed by atoms with Crippen molar-refractivity contribution >= 4 is 5.91 Å². The number of piperidine rings is 1. The predicted molar refractivity (Wildman–Crippen MR) is 108 cm³/mol. The zero-order chi connectivity index (χ0) is 20.3. The van der Waals surface area contributed by atoms with Gasteiger partial charge in [0, 0.05) is 32.6 Å². The van der Waals surface area contributed by atoms with Crippen molar-refractivity contribution < 1.29 is 14.3 Å². The summed E-state index contributed by atoms with van der Waals surface area (Å²) < 4.78 is 12.8. The van der Waals surface area contributed by atoms with E-state index >= 15 is 0 Å². The molecule has 1 aliphatic rings. The summed E-state index contributed by atoms with van der Waals surface area (Å²) in [6.45, 7) is 2.27. The molecule has 28 heavy (non-hydrogen) atoms. The molecule has 0 saturated carbocycles. The van der Waals surface area contributed by atoms with Gasteiger partial charge in [0.1, 0.15) is 17.1 Å². The third kappa shape index (κ3) is 4.14. The van der Waals surface area contributed by atoms with Crippen LogP contribution in [0.2, 0.25) is 0 Å². The first-order valence-corrected chi connectivity index (χ1v) is 9.62. The fraction of sp³-hybridized carbons (Fsp3) is 0.524. The van der Waals surface area contributed by atoms with Gasteiger partial charge in [-0.3, -0.25) is 9.48 Å². The van der Waals surface area contributed by atoms with E-state index in [1.807, 2.05) is 22.7 Å². The predicted octanol–water partition coefficient (Wildman–Crippen LogP) is 2.52. The highest BCUT2D eigenvalue weighted by Crippen LogP contribution is 2.33. The van der Waals surface area contributed by atoms with Gasteiger partial charge in [-0.15, -0.1) is 0 Å². The van der Waals surface area contributed by atoms with E-state index in [0.29, 0.717) is 36.1 Å². The Morgan fingerprint density at radius 1 is 1.18 bits per heavy atom. The van der Waals surface area contributed by atoms with Crippen LogP contribution in [0.3, 0.4) is 0 Å². The van der Waals surface area contributed by atoms with Gasteiger partial charge >= 0.3 is 0 Å². The van der Waals surface area contributed by atoms with Crippen LogP contribution in [0.15, 0.2) is 24.3 Å². The molecule has 0 N–H and O–H groups in total. The number of hydrogen-bond donors (Lipinski definition) is 0. The number of amides is 1. The number of benzene rings is 1. The van der Waals surface area contributed by atoms with Gasteiger partial charge in [-0.05, 0) is 45.1 Å². The number of rotatable bonds is 6. The van der Waals surface area contributed by atoms with Gasteiger partial charge in [0.15, 0.2) is 0 Å². The van der Waals surface area contributed by atoms with Gasteiger partial charge in [0.2, 0.25) is 0 Å². The minimum absolute atomic E-state index is 0.0398. The standard InChI is InChI=1S/C21H30N4O3/c1-23(2)14-16-13-17(22-24(16)3)15-9-11-25(12-10-15)21(26)20-18(27-4)7-6-8-19(20)28-5/h6-8,13,15H,9-12,14H2,1-5H3. The highest BCUT2D eigenvalue weighted by atomic mass is 16.5. The van der Waals surface area contributed by atoms with E-state index in [9.17, 15) is 4.79 Å². The number of nitrogens with zero attached hydrogens (tertiary/aromatic N) is 4. The summed E-state index contributed by atoms with van der Waals surface area (Å²) in [5, 5.41) is 4.72. The van der Waals surface area contributed by atoms with Crippen molar-refractivity contribution in [2.45, 2.75) is 25.3 Å². The topological polar surface area (TPSA) is 59.8 Å². The lowest BCUT2D eigenvalue weighted by atomic mass is 9.93. The minimum Gasteiger partial charge on any atom is -0.496 e. The number of aryl methyl sites for hydroxylation is 1. The summed E-state index contributed by atoms with van der Waals surface area (Å²) in [7, 11) is 9.26. The number of likely N-dealkylation sites (tertiary alicyclic amines) is 1. The van der Waals surface area contributed by atoms with E-state index in [4.69, 9.17) is 14.6 Å². The molecule has 0 radical (unpaired) electrons. The Bertz CT molecular complexity index is 801. The molecule has 2 heterocycles. The summed E-state index contributed by atoms with van der Waals surface area (Å²) in [5.41, 5.74) is 2.83. The SMILES string of the molecule is COc1cccc(OC)c1C(=O)N1CCC(c2cc(CN(C)C)n(C)n2)CC1. The molecule has 0 unspecified atom stereocenters. The largest absolute Gasteiger partial charge is 0.496 e. The van der Waals surface area contributed by atoms with Gasteiger partial charge in [0.05, 0.1) is 25.6 Å². The molecule has 2 aromatic rings. The summed E-state index contributed by atoms with van der Waals surface area (Å²) in [6.07, 6.45) is 1.81. The van der Waals surface area contributed by atoms with Crippen LogP contribution in [0.4, 0.5) is 0 Å². The number of ether oxygens (including phenoxy) is 2. The van der Waals surface area contributed by atoms with Crippen molar-refractivity contribution in [2.24, 2.45) is 7.05 Å². The van der Waals surface area contributed by atoms with Crippen LogP contribution in [0.5, 0.6) is 11.5 Å². The van der Waals surface area contributed by atoms with Crippen molar-refractivity contribution in [2.75, 3.05) is 41.4 Å². The normalized spacial score (nSPS) is 15.1. The van der Waals surface area contributed by atoms with E-state index in [2.05, 4.69) is 25.1 Å². The maximum absolute atomic E-state index is 13.1. The first kappa shape index (κ1) is 20.2. The average Bonchev–Trinajstić information content (AvgIpc) is 3.06. The highest BCUT2D eigenvalue weighted by molar-refractivity contribution is 5.99. The van der Waals surface area contributed by atoms with Gasteiger partial charge in [-0.25, -0.2) is 0 Å². The van der Waals surface area contributed by atoms with E-state index in [-0.39, 0.29) is 5.91 Å². The summed E-state index contributed by atoms with van der Waals surface area (Å²) in [5.74, 6) is 1.43. The fourth-order valence-electron chi connectivity index (χ4n) is 3.80. The van der Waals surface area contributed by atoms with E-state index in [0.717, 1.165) is 25.1 Å². The molecule has 1 aromatic carbocycles. The number of carbonyl (C=O) groups excluding carboxylic acids is 1. The Morgan fingerprint density at radius 3 is 2.32 bits per heavy atom. The van der Waals surface area contributed by atoms with Gasteiger partial charge in [-0.2, -0.15) is 5.10 Å². The average molecular weight is 386 g/mol. The molecule has 1 amide bonds. The lowest BCUT2D eigenvalue weighted by molar-refractivity contribution is 0.0705. The molecule has 1 fully saturated rings. The Morgan fingerprint density at radius 2 is 1.79 bits per heavy atom. The second-order valence-corrected chi connectivity index (χ2v) is 7.53. The van der Waals surface area contributed by atoms with Crippen LogP contribution >= 0.6 is 0 Å². The lowest BCUT2D eigenvalue weighted by Gasteiger charge is -2.32. The monoisotopic (exact) mass is 386 g/mol. The molecule has 0 atom stereocenters. The van der Waals surface area contributed by atoms with Crippen molar-refractivity contribution in [1.82, 2.24) is 19.6 Å². The fourth-order valence-corrected chi connectivity index (χ4v) is 3.80. The summed E-state index contributed by atoms with van der Waals surface area (Å²) in [4.78, 5) is 17.2. The molecule has 1 saturated heterocycles. The van der Waals surface area contributed by atoms with Gasteiger partial charge in [-0.1, -0.05) is 6.07 Å². The molecule has 1 aliphatic heterocycles. The lowest BCUT2D eigenvalue weighted by Crippen LogP contribution is -2.38.